The summed E-state index contributed by atoms with van der Waals surface area (Å²) < 4.78 is 40.0. The van der Waals surface area contributed by atoms with E-state index in [9.17, 15) is 12.8 Å². The molecule has 1 N–H and O–H groups in total. The van der Waals surface area contributed by atoms with Gasteiger partial charge in [0.2, 0.25) is 10.0 Å². The number of piperidine rings is 2. The molecule has 1 spiro atoms. The quantitative estimate of drug-likeness (QED) is 0.908. The Morgan fingerprint density at radius 2 is 1.76 bits per heavy atom. The number of hydrogen-bond acceptors (Lipinski definition) is 3. The standard InChI is InChI=1S/C15H21FN2O2S/c16-13-2-4-14(5-3-13)21(19,20)18-11-1-6-15(12-18)7-9-17-10-8-15/h2-5,17H,1,6-12H2. The molecule has 21 heavy (non-hydrogen) atoms. The van der Waals surface area contributed by atoms with Gasteiger partial charge in [-0.05, 0) is 68.5 Å². The van der Waals surface area contributed by atoms with Crippen molar-refractivity contribution in [1.82, 2.24) is 9.62 Å². The fraction of sp³-hybridized carbons (Fsp3) is 0.600. The monoisotopic (exact) mass is 312 g/mol. The number of rotatable bonds is 2. The highest BCUT2D eigenvalue weighted by Gasteiger charge is 2.40. The smallest absolute Gasteiger partial charge is 0.243 e. The van der Waals surface area contributed by atoms with Crippen molar-refractivity contribution >= 4 is 10.0 Å². The maximum Gasteiger partial charge on any atom is 0.243 e. The summed E-state index contributed by atoms with van der Waals surface area (Å²) in [4.78, 5) is 0.190. The van der Waals surface area contributed by atoms with E-state index in [1.54, 1.807) is 4.31 Å². The molecule has 0 bridgehead atoms. The van der Waals surface area contributed by atoms with Crippen LogP contribution in [0.1, 0.15) is 25.7 Å². The Kier molecular flexibility index (Phi) is 4.03. The minimum atomic E-state index is -3.51. The molecule has 0 aromatic heterocycles. The van der Waals surface area contributed by atoms with Crippen molar-refractivity contribution in [2.75, 3.05) is 26.2 Å². The molecule has 0 amide bonds. The lowest BCUT2D eigenvalue weighted by Gasteiger charge is -2.44. The van der Waals surface area contributed by atoms with Gasteiger partial charge in [-0.15, -0.1) is 0 Å². The molecule has 116 valence electrons. The molecule has 1 aromatic rings. The molecule has 0 aliphatic carbocycles. The summed E-state index contributed by atoms with van der Waals surface area (Å²) in [5, 5.41) is 3.34. The summed E-state index contributed by atoms with van der Waals surface area (Å²) in [6, 6.07) is 5.12. The Balaban J connectivity index is 1.83. The fourth-order valence-corrected chi connectivity index (χ4v) is 5.08. The van der Waals surface area contributed by atoms with Crippen LogP contribution in [0.25, 0.3) is 0 Å². The number of sulfonamides is 1. The fourth-order valence-electron chi connectivity index (χ4n) is 3.49. The molecule has 0 radical (unpaired) electrons. The van der Waals surface area contributed by atoms with Crippen molar-refractivity contribution in [2.24, 2.45) is 5.41 Å². The van der Waals surface area contributed by atoms with Crippen molar-refractivity contribution in [1.29, 1.82) is 0 Å². The molecule has 2 aliphatic heterocycles. The van der Waals surface area contributed by atoms with Crippen molar-refractivity contribution in [3.05, 3.63) is 30.1 Å². The van der Waals surface area contributed by atoms with Crippen molar-refractivity contribution in [3.8, 4) is 0 Å². The normalized spacial score (nSPS) is 23.3. The molecular weight excluding hydrogens is 291 g/mol. The summed E-state index contributed by atoms with van der Waals surface area (Å²) in [5.74, 6) is -0.414. The third kappa shape index (κ3) is 2.98. The minimum Gasteiger partial charge on any atom is -0.317 e. The first-order valence-corrected chi connectivity index (χ1v) is 8.92. The van der Waals surface area contributed by atoms with E-state index in [2.05, 4.69) is 5.32 Å². The van der Waals surface area contributed by atoms with Gasteiger partial charge in [0.15, 0.2) is 0 Å². The van der Waals surface area contributed by atoms with E-state index in [0.29, 0.717) is 13.1 Å². The molecule has 2 heterocycles. The van der Waals surface area contributed by atoms with E-state index in [1.165, 1.54) is 24.3 Å². The van der Waals surface area contributed by atoms with E-state index in [1.807, 2.05) is 0 Å². The second-order valence-electron chi connectivity index (χ2n) is 6.15. The molecule has 1 aromatic carbocycles. The van der Waals surface area contributed by atoms with Gasteiger partial charge in [-0.2, -0.15) is 4.31 Å². The summed E-state index contributed by atoms with van der Waals surface area (Å²) >= 11 is 0. The van der Waals surface area contributed by atoms with Crippen molar-refractivity contribution in [3.63, 3.8) is 0 Å². The molecule has 0 unspecified atom stereocenters. The van der Waals surface area contributed by atoms with Crippen LogP contribution in [0.5, 0.6) is 0 Å². The SMILES string of the molecule is O=S(=O)(c1ccc(F)cc1)N1CCCC2(CCNCC2)C1. The number of halogens is 1. The topological polar surface area (TPSA) is 49.4 Å². The summed E-state index contributed by atoms with van der Waals surface area (Å²) in [6.45, 7) is 3.08. The zero-order chi connectivity index (χ0) is 14.9. The van der Waals surface area contributed by atoms with Crippen LogP contribution in [-0.4, -0.2) is 38.9 Å². The zero-order valence-corrected chi connectivity index (χ0v) is 12.8. The Morgan fingerprint density at radius 3 is 2.43 bits per heavy atom. The van der Waals surface area contributed by atoms with Gasteiger partial charge in [-0.3, -0.25) is 0 Å². The van der Waals surface area contributed by atoms with Crippen LogP contribution in [0.4, 0.5) is 4.39 Å². The Morgan fingerprint density at radius 1 is 1.10 bits per heavy atom. The van der Waals surface area contributed by atoms with Crippen LogP contribution in [0, 0.1) is 11.2 Å². The highest BCUT2D eigenvalue weighted by molar-refractivity contribution is 7.89. The van der Waals surface area contributed by atoms with Crippen LogP contribution in [0.3, 0.4) is 0 Å². The lowest BCUT2D eigenvalue weighted by atomic mass is 9.73. The minimum absolute atomic E-state index is 0.122. The van der Waals surface area contributed by atoms with E-state index < -0.39 is 15.8 Å². The first-order valence-electron chi connectivity index (χ1n) is 7.48. The van der Waals surface area contributed by atoms with E-state index in [0.717, 1.165) is 38.8 Å². The lowest BCUT2D eigenvalue weighted by molar-refractivity contribution is 0.104. The Bertz CT molecular complexity index is 589. The van der Waals surface area contributed by atoms with Gasteiger partial charge in [0.1, 0.15) is 5.82 Å². The van der Waals surface area contributed by atoms with Gasteiger partial charge in [0.05, 0.1) is 4.90 Å². The lowest BCUT2D eigenvalue weighted by Crippen LogP contribution is -2.50. The maximum atomic E-state index is 13.0. The Labute approximate surface area is 125 Å². The first-order chi connectivity index (χ1) is 10.0. The van der Waals surface area contributed by atoms with Crippen LogP contribution in [0.15, 0.2) is 29.2 Å². The molecule has 0 atom stereocenters. The maximum absolute atomic E-state index is 13.0. The Hall–Kier alpha value is -0.980. The number of nitrogens with one attached hydrogen (secondary N) is 1. The van der Waals surface area contributed by atoms with Crippen LogP contribution < -0.4 is 5.32 Å². The van der Waals surface area contributed by atoms with Crippen LogP contribution >= 0.6 is 0 Å². The van der Waals surface area contributed by atoms with Crippen LogP contribution in [-0.2, 0) is 10.0 Å². The predicted octanol–water partition coefficient (Wildman–Crippen LogP) is 1.98. The second kappa shape index (κ2) is 5.66. The van der Waals surface area contributed by atoms with Gasteiger partial charge in [-0.25, -0.2) is 12.8 Å². The highest BCUT2D eigenvalue weighted by Crippen LogP contribution is 2.39. The molecule has 0 saturated carbocycles. The zero-order valence-electron chi connectivity index (χ0n) is 12.0. The van der Waals surface area contributed by atoms with E-state index in [-0.39, 0.29) is 10.3 Å². The number of hydrogen-bond donors (Lipinski definition) is 1. The molecule has 3 rings (SSSR count). The van der Waals surface area contributed by atoms with Crippen LogP contribution in [0.2, 0.25) is 0 Å². The van der Waals surface area contributed by atoms with E-state index in [4.69, 9.17) is 0 Å². The second-order valence-corrected chi connectivity index (χ2v) is 8.08. The van der Waals surface area contributed by atoms with E-state index >= 15 is 0 Å². The molecule has 6 heteroatoms. The van der Waals surface area contributed by atoms with Crippen molar-refractivity contribution in [2.45, 2.75) is 30.6 Å². The molecule has 2 aliphatic rings. The summed E-state index contributed by atoms with van der Waals surface area (Å²) in [5.41, 5.74) is 0.122. The van der Waals surface area contributed by atoms with Gasteiger partial charge in [-0.1, -0.05) is 0 Å². The molecular formula is C15H21FN2O2S. The van der Waals surface area contributed by atoms with Gasteiger partial charge in [0, 0.05) is 13.1 Å². The van der Waals surface area contributed by atoms with Gasteiger partial charge >= 0.3 is 0 Å². The van der Waals surface area contributed by atoms with Gasteiger partial charge < -0.3 is 5.32 Å². The largest absolute Gasteiger partial charge is 0.317 e. The summed E-state index contributed by atoms with van der Waals surface area (Å²) in [7, 11) is -3.51. The summed E-state index contributed by atoms with van der Waals surface area (Å²) in [6.07, 6.45) is 4.06. The third-order valence-corrected chi connectivity index (χ3v) is 6.60. The average Bonchev–Trinajstić information content (AvgIpc) is 2.48. The van der Waals surface area contributed by atoms with Crippen molar-refractivity contribution < 1.29 is 12.8 Å². The first kappa shape index (κ1) is 14.9. The van der Waals surface area contributed by atoms with Gasteiger partial charge in [0.25, 0.3) is 0 Å². The predicted molar refractivity (Wildman–Crippen MR) is 78.9 cm³/mol. The average molecular weight is 312 g/mol. The third-order valence-electron chi connectivity index (χ3n) is 4.74. The highest BCUT2D eigenvalue weighted by atomic mass is 32.2. The molecule has 2 fully saturated rings. The molecule has 4 nitrogen and oxygen atoms in total. The molecule has 2 saturated heterocycles. The number of nitrogens with zero attached hydrogens (tertiary/aromatic N) is 1. The number of benzene rings is 1.